The van der Waals surface area contributed by atoms with E-state index < -0.39 is 0 Å². The average Bonchev–Trinajstić information content (AvgIpc) is 2.81. The quantitative estimate of drug-likeness (QED) is 0.662. The molecule has 0 aliphatic rings. The van der Waals surface area contributed by atoms with Crippen molar-refractivity contribution in [2.24, 2.45) is 5.84 Å². The van der Waals surface area contributed by atoms with Crippen LogP contribution in [0.4, 0.5) is 4.39 Å². The van der Waals surface area contributed by atoms with Gasteiger partial charge in [0.15, 0.2) is 0 Å². The predicted octanol–water partition coefficient (Wildman–Crippen LogP) is 3.62. The highest BCUT2D eigenvalue weighted by molar-refractivity contribution is 7.12. The number of hydrazine groups is 1. The highest BCUT2D eigenvalue weighted by atomic mass is 32.1. The number of rotatable bonds is 4. The van der Waals surface area contributed by atoms with Crippen molar-refractivity contribution in [1.29, 1.82) is 0 Å². The van der Waals surface area contributed by atoms with E-state index in [1.807, 2.05) is 26.0 Å². The lowest BCUT2D eigenvalue weighted by Gasteiger charge is -2.18. The number of hydrogen-bond donors (Lipinski definition) is 2. The van der Waals surface area contributed by atoms with E-state index in [0.717, 1.165) is 22.4 Å². The van der Waals surface area contributed by atoms with Gasteiger partial charge in [-0.15, -0.1) is 11.3 Å². The van der Waals surface area contributed by atoms with Gasteiger partial charge in [-0.1, -0.05) is 13.0 Å². The zero-order chi connectivity index (χ0) is 14.0. The van der Waals surface area contributed by atoms with Crippen molar-refractivity contribution in [2.75, 3.05) is 0 Å². The first-order valence-corrected chi connectivity index (χ1v) is 7.19. The van der Waals surface area contributed by atoms with E-state index >= 15 is 0 Å². The molecule has 0 aliphatic heterocycles. The smallest absolute Gasteiger partial charge is 0.128 e. The van der Waals surface area contributed by atoms with Crippen molar-refractivity contribution in [2.45, 2.75) is 33.2 Å². The second kappa shape index (κ2) is 5.82. The number of aryl methyl sites for hydroxylation is 3. The fourth-order valence-electron chi connectivity index (χ4n) is 2.34. The van der Waals surface area contributed by atoms with Crippen LogP contribution in [0.1, 0.15) is 39.4 Å². The normalized spacial score (nSPS) is 12.7. The molecule has 1 aromatic carbocycles. The Morgan fingerprint density at radius 1 is 1.32 bits per heavy atom. The van der Waals surface area contributed by atoms with Crippen LogP contribution in [0.15, 0.2) is 24.3 Å². The molecule has 0 saturated carbocycles. The topological polar surface area (TPSA) is 38.0 Å². The second-order valence-electron chi connectivity index (χ2n) is 4.73. The summed E-state index contributed by atoms with van der Waals surface area (Å²) in [5, 5.41) is 0. The molecule has 1 heterocycles. The molecular formula is C15H19FN2S. The Bertz CT molecular complexity index is 554. The van der Waals surface area contributed by atoms with E-state index in [0.29, 0.717) is 5.56 Å². The van der Waals surface area contributed by atoms with Crippen LogP contribution in [0.5, 0.6) is 0 Å². The zero-order valence-corrected chi connectivity index (χ0v) is 12.3. The average molecular weight is 278 g/mol. The lowest BCUT2D eigenvalue weighted by molar-refractivity contribution is 0.560. The summed E-state index contributed by atoms with van der Waals surface area (Å²) in [6, 6.07) is 7.35. The van der Waals surface area contributed by atoms with Crippen LogP contribution < -0.4 is 11.3 Å². The molecule has 3 N–H and O–H groups in total. The van der Waals surface area contributed by atoms with E-state index in [2.05, 4.69) is 18.4 Å². The molecule has 0 bridgehead atoms. The SMILES string of the molecule is CCc1ccc(C(NN)c2c(C)cc(C)cc2F)s1. The molecule has 102 valence electrons. The monoisotopic (exact) mass is 278 g/mol. The Labute approximate surface area is 117 Å². The highest BCUT2D eigenvalue weighted by Crippen LogP contribution is 2.32. The fraction of sp³-hybridized carbons (Fsp3) is 0.333. The number of halogens is 1. The summed E-state index contributed by atoms with van der Waals surface area (Å²) in [6.07, 6.45) is 0.983. The van der Waals surface area contributed by atoms with E-state index in [1.165, 1.54) is 4.88 Å². The maximum absolute atomic E-state index is 14.2. The number of hydrogen-bond acceptors (Lipinski definition) is 3. The molecule has 0 amide bonds. The number of nitrogens with two attached hydrogens (primary N) is 1. The molecule has 0 aliphatic carbocycles. The highest BCUT2D eigenvalue weighted by Gasteiger charge is 2.20. The maximum atomic E-state index is 14.2. The van der Waals surface area contributed by atoms with Crippen molar-refractivity contribution in [3.05, 3.63) is 56.5 Å². The van der Waals surface area contributed by atoms with E-state index in [9.17, 15) is 4.39 Å². The molecular weight excluding hydrogens is 259 g/mol. The summed E-state index contributed by atoms with van der Waals surface area (Å²) in [4.78, 5) is 2.32. The van der Waals surface area contributed by atoms with Gasteiger partial charge in [-0.05, 0) is 49.6 Å². The van der Waals surface area contributed by atoms with Crippen LogP contribution in [0.3, 0.4) is 0 Å². The number of benzene rings is 1. The number of thiophene rings is 1. The maximum Gasteiger partial charge on any atom is 0.128 e. The van der Waals surface area contributed by atoms with Gasteiger partial charge in [0, 0.05) is 15.3 Å². The molecule has 1 aromatic heterocycles. The standard InChI is InChI=1S/C15H19FN2S/c1-4-11-5-6-13(19-11)15(18-17)14-10(3)7-9(2)8-12(14)16/h5-8,15,18H,4,17H2,1-3H3. The minimum absolute atomic E-state index is 0.202. The third kappa shape index (κ3) is 2.86. The molecule has 0 saturated heterocycles. The Morgan fingerprint density at radius 3 is 2.58 bits per heavy atom. The van der Waals surface area contributed by atoms with Crippen LogP contribution in [-0.2, 0) is 6.42 Å². The molecule has 4 heteroatoms. The molecule has 2 nitrogen and oxygen atoms in total. The summed E-state index contributed by atoms with van der Waals surface area (Å²) in [5.74, 6) is 5.45. The molecule has 0 spiro atoms. The van der Waals surface area contributed by atoms with Gasteiger partial charge in [0.05, 0.1) is 6.04 Å². The van der Waals surface area contributed by atoms with Gasteiger partial charge in [-0.3, -0.25) is 5.84 Å². The summed E-state index contributed by atoms with van der Waals surface area (Å²) < 4.78 is 14.2. The second-order valence-corrected chi connectivity index (χ2v) is 5.93. The Morgan fingerprint density at radius 2 is 2.05 bits per heavy atom. The van der Waals surface area contributed by atoms with Crippen LogP contribution in [0, 0.1) is 19.7 Å². The fourth-order valence-corrected chi connectivity index (χ4v) is 3.36. The Kier molecular flexibility index (Phi) is 4.34. The summed E-state index contributed by atoms with van der Waals surface area (Å²) in [5.41, 5.74) is 5.23. The molecule has 1 unspecified atom stereocenters. The zero-order valence-electron chi connectivity index (χ0n) is 11.5. The van der Waals surface area contributed by atoms with Gasteiger partial charge in [0.1, 0.15) is 5.82 Å². The predicted molar refractivity (Wildman–Crippen MR) is 78.7 cm³/mol. The Hall–Kier alpha value is -1.23. The first-order valence-electron chi connectivity index (χ1n) is 6.38. The lowest BCUT2D eigenvalue weighted by Crippen LogP contribution is -2.29. The van der Waals surface area contributed by atoms with Gasteiger partial charge in [0.2, 0.25) is 0 Å². The molecule has 19 heavy (non-hydrogen) atoms. The first kappa shape index (κ1) is 14.2. The van der Waals surface area contributed by atoms with E-state index in [1.54, 1.807) is 17.4 Å². The summed E-state index contributed by atoms with van der Waals surface area (Å²) >= 11 is 1.67. The first-order chi connectivity index (χ1) is 9.06. The van der Waals surface area contributed by atoms with Crippen molar-refractivity contribution in [3.63, 3.8) is 0 Å². The minimum Gasteiger partial charge on any atom is -0.271 e. The lowest BCUT2D eigenvalue weighted by atomic mass is 9.98. The third-order valence-corrected chi connectivity index (χ3v) is 4.55. The molecule has 1 atom stereocenters. The van der Waals surface area contributed by atoms with Crippen LogP contribution in [0.25, 0.3) is 0 Å². The number of nitrogens with one attached hydrogen (secondary N) is 1. The van der Waals surface area contributed by atoms with E-state index in [-0.39, 0.29) is 11.9 Å². The molecule has 2 aromatic rings. The van der Waals surface area contributed by atoms with Crippen LogP contribution in [-0.4, -0.2) is 0 Å². The summed E-state index contributed by atoms with van der Waals surface area (Å²) in [7, 11) is 0. The van der Waals surface area contributed by atoms with Gasteiger partial charge < -0.3 is 0 Å². The molecule has 2 rings (SSSR count). The third-order valence-electron chi connectivity index (χ3n) is 3.25. The van der Waals surface area contributed by atoms with Gasteiger partial charge in [0.25, 0.3) is 0 Å². The largest absolute Gasteiger partial charge is 0.271 e. The van der Waals surface area contributed by atoms with Crippen molar-refractivity contribution >= 4 is 11.3 Å². The molecule has 0 radical (unpaired) electrons. The minimum atomic E-state index is -0.286. The van der Waals surface area contributed by atoms with Gasteiger partial charge in [-0.25, -0.2) is 9.82 Å². The van der Waals surface area contributed by atoms with Crippen molar-refractivity contribution in [1.82, 2.24) is 5.43 Å². The molecule has 0 fully saturated rings. The van der Waals surface area contributed by atoms with E-state index in [4.69, 9.17) is 5.84 Å². The van der Waals surface area contributed by atoms with Crippen molar-refractivity contribution in [3.8, 4) is 0 Å². The van der Waals surface area contributed by atoms with Crippen LogP contribution >= 0.6 is 11.3 Å². The van der Waals surface area contributed by atoms with Gasteiger partial charge >= 0.3 is 0 Å². The van der Waals surface area contributed by atoms with Crippen molar-refractivity contribution < 1.29 is 4.39 Å². The Balaban J connectivity index is 2.47. The summed E-state index contributed by atoms with van der Waals surface area (Å²) in [6.45, 7) is 5.92. The van der Waals surface area contributed by atoms with Crippen LogP contribution in [0.2, 0.25) is 0 Å². The van der Waals surface area contributed by atoms with Gasteiger partial charge in [-0.2, -0.15) is 0 Å².